The molecule has 0 bridgehead atoms. The number of methoxy groups -OCH3 is 1. The highest BCUT2D eigenvalue weighted by Gasteiger charge is 2.45. The number of likely N-dealkylation sites (tertiary alicyclic amines) is 1. The smallest absolute Gasteiger partial charge is 0.295 e. The van der Waals surface area contributed by atoms with Gasteiger partial charge in [-0.25, -0.2) is 0 Å². The number of ketones is 1. The largest absolute Gasteiger partial charge is 0.507 e. The van der Waals surface area contributed by atoms with Crippen LogP contribution in [-0.2, 0) is 9.59 Å². The molecule has 1 saturated heterocycles. The van der Waals surface area contributed by atoms with Gasteiger partial charge in [0.25, 0.3) is 17.4 Å². The summed E-state index contributed by atoms with van der Waals surface area (Å²) < 4.78 is 5.17. The molecule has 38 heavy (non-hydrogen) atoms. The van der Waals surface area contributed by atoms with Crippen molar-refractivity contribution < 1.29 is 24.4 Å². The summed E-state index contributed by atoms with van der Waals surface area (Å²) in [5, 5.41) is 22.3. The molecule has 0 radical (unpaired) electrons. The summed E-state index contributed by atoms with van der Waals surface area (Å²) in [6.07, 6.45) is 11.4. The number of amides is 1. The normalized spacial score (nSPS) is 16.7. The predicted octanol–water partition coefficient (Wildman–Crippen LogP) is 6.95. The maximum absolute atomic E-state index is 13.2. The lowest BCUT2D eigenvalue weighted by Crippen LogP contribution is -2.30. The van der Waals surface area contributed by atoms with Crippen molar-refractivity contribution in [2.24, 2.45) is 0 Å². The van der Waals surface area contributed by atoms with Crippen molar-refractivity contribution >= 4 is 23.1 Å². The molecular formula is C30H38N2O6. The van der Waals surface area contributed by atoms with Crippen LogP contribution < -0.4 is 4.74 Å². The molecule has 0 aliphatic carbocycles. The van der Waals surface area contributed by atoms with Crippen LogP contribution in [0.2, 0.25) is 0 Å². The number of aliphatic hydroxyl groups excluding tert-OH is 1. The van der Waals surface area contributed by atoms with E-state index in [1.807, 2.05) is 0 Å². The van der Waals surface area contributed by atoms with Crippen molar-refractivity contribution in [2.45, 2.75) is 77.2 Å². The fourth-order valence-electron chi connectivity index (χ4n) is 4.91. The number of aliphatic hydroxyl groups is 1. The average Bonchev–Trinajstić information content (AvgIpc) is 3.18. The molecule has 0 unspecified atom stereocenters. The predicted molar refractivity (Wildman–Crippen MR) is 147 cm³/mol. The Hall–Kier alpha value is -3.68. The molecule has 0 saturated carbocycles. The SMILES string of the molecule is CCCCCCCCCCCCN1C(=O)C(=O)C(=C(O)c2ccc(OC)cc2)[C@H]1c1ccc([N+](=O)[O-])cc1. The first-order chi connectivity index (χ1) is 18.4. The molecule has 8 heteroatoms. The topological polar surface area (TPSA) is 110 Å². The number of nitrogens with zero attached hydrogens (tertiary/aromatic N) is 2. The molecule has 1 heterocycles. The third kappa shape index (κ3) is 7.21. The van der Waals surface area contributed by atoms with Gasteiger partial charge >= 0.3 is 0 Å². The Morgan fingerprint density at radius 3 is 1.97 bits per heavy atom. The van der Waals surface area contributed by atoms with Crippen LogP contribution in [0, 0.1) is 10.1 Å². The van der Waals surface area contributed by atoms with E-state index in [0.29, 0.717) is 23.4 Å². The van der Waals surface area contributed by atoms with Gasteiger partial charge in [0.1, 0.15) is 11.5 Å². The fraction of sp³-hybridized carbons (Fsp3) is 0.467. The summed E-state index contributed by atoms with van der Waals surface area (Å²) in [6, 6.07) is 11.5. The first kappa shape index (κ1) is 28.9. The zero-order chi connectivity index (χ0) is 27.5. The lowest BCUT2D eigenvalue weighted by Gasteiger charge is -2.25. The molecule has 1 fully saturated rings. The first-order valence-corrected chi connectivity index (χ1v) is 13.6. The van der Waals surface area contributed by atoms with Gasteiger partial charge < -0.3 is 14.7 Å². The maximum atomic E-state index is 13.2. The van der Waals surface area contributed by atoms with Crippen molar-refractivity contribution in [1.29, 1.82) is 0 Å². The molecular weight excluding hydrogens is 484 g/mol. The van der Waals surface area contributed by atoms with Gasteiger partial charge in [-0.05, 0) is 48.4 Å². The van der Waals surface area contributed by atoms with Crippen LogP contribution in [0.25, 0.3) is 5.76 Å². The second kappa shape index (κ2) is 14.3. The van der Waals surface area contributed by atoms with Crippen molar-refractivity contribution in [3.05, 3.63) is 75.3 Å². The molecule has 2 aromatic carbocycles. The Kier molecular flexibility index (Phi) is 10.9. The first-order valence-electron chi connectivity index (χ1n) is 13.6. The lowest BCUT2D eigenvalue weighted by atomic mass is 9.95. The summed E-state index contributed by atoms with van der Waals surface area (Å²) in [5.74, 6) is -1.11. The van der Waals surface area contributed by atoms with Crippen LogP contribution >= 0.6 is 0 Å². The van der Waals surface area contributed by atoms with Crippen molar-refractivity contribution in [3.63, 3.8) is 0 Å². The van der Waals surface area contributed by atoms with Crippen LogP contribution in [0.4, 0.5) is 5.69 Å². The Bertz CT molecular complexity index is 1120. The Balaban J connectivity index is 1.77. The number of carbonyl (C=O) groups is 2. The van der Waals surface area contributed by atoms with E-state index in [0.717, 1.165) is 25.7 Å². The maximum Gasteiger partial charge on any atom is 0.295 e. The van der Waals surface area contributed by atoms with E-state index in [1.165, 1.54) is 62.7 Å². The van der Waals surface area contributed by atoms with Gasteiger partial charge in [0.15, 0.2) is 0 Å². The summed E-state index contributed by atoms with van der Waals surface area (Å²) >= 11 is 0. The van der Waals surface area contributed by atoms with Crippen LogP contribution in [0.1, 0.15) is 88.3 Å². The molecule has 2 aromatic rings. The van der Waals surface area contributed by atoms with Gasteiger partial charge in [-0.15, -0.1) is 0 Å². The van der Waals surface area contributed by atoms with E-state index in [2.05, 4.69) is 6.92 Å². The monoisotopic (exact) mass is 522 g/mol. The van der Waals surface area contributed by atoms with Gasteiger partial charge in [0.2, 0.25) is 0 Å². The highest BCUT2D eigenvalue weighted by Crippen LogP contribution is 2.40. The van der Waals surface area contributed by atoms with E-state index in [-0.39, 0.29) is 17.0 Å². The molecule has 1 atom stereocenters. The van der Waals surface area contributed by atoms with Gasteiger partial charge in [0.05, 0.1) is 23.6 Å². The third-order valence-corrected chi connectivity index (χ3v) is 7.08. The van der Waals surface area contributed by atoms with E-state index >= 15 is 0 Å². The number of hydrogen-bond acceptors (Lipinski definition) is 6. The molecule has 1 N–H and O–H groups in total. The highest BCUT2D eigenvalue weighted by molar-refractivity contribution is 6.46. The Morgan fingerprint density at radius 2 is 1.45 bits per heavy atom. The third-order valence-electron chi connectivity index (χ3n) is 7.08. The van der Waals surface area contributed by atoms with Gasteiger partial charge in [-0.2, -0.15) is 0 Å². The Morgan fingerprint density at radius 1 is 0.895 bits per heavy atom. The number of ether oxygens (including phenoxy) is 1. The molecule has 0 aromatic heterocycles. The van der Waals surface area contributed by atoms with E-state index < -0.39 is 22.7 Å². The average molecular weight is 523 g/mol. The Labute approximate surface area is 224 Å². The zero-order valence-corrected chi connectivity index (χ0v) is 22.4. The van der Waals surface area contributed by atoms with Crippen LogP contribution in [0.5, 0.6) is 5.75 Å². The number of rotatable bonds is 15. The van der Waals surface area contributed by atoms with E-state index in [9.17, 15) is 24.8 Å². The van der Waals surface area contributed by atoms with Crippen molar-refractivity contribution in [2.75, 3.05) is 13.7 Å². The molecule has 204 valence electrons. The second-order valence-corrected chi connectivity index (χ2v) is 9.75. The summed E-state index contributed by atoms with van der Waals surface area (Å²) in [5.41, 5.74) is 0.822. The van der Waals surface area contributed by atoms with Crippen LogP contribution in [0.3, 0.4) is 0 Å². The molecule has 1 aliphatic heterocycles. The van der Waals surface area contributed by atoms with Gasteiger partial charge in [0, 0.05) is 24.2 Å². The fourth-order valence-corrected chi connectivity index (χ4v) is 4.91. The molecule has 3 rings (SSSR count). The van der Waals surface area contributed by atoms with Crippen LogP contribution in [-0.4, -0.2) is 40.3 Å². The number of unbranched alkanes of at least 4 members (excludes halogenated alkanes) is 9. The highest BCUT2D eigenvalue weighted by atomic mass is 16.6. The van der Waals surface area contributed by atoms with Crippen molar-refractivity contribution in [3.8, 4) is 5.75 Å². The minimum absolute atomic E-state index is 0.0129. The molecule has 0 spiro atoms. The second-order valence-electron chi connectivity index (χ2n) is 9.75. The standard InChI is InChI=1S/C30H38N2O6/c1-3-4-5-6-7-8-9-10-11-12-21-31-27(22-13-17-24(18-14-22)32(36)37)26(29(34)30(31)35)28(33)23-15-19-25(38-2)20-16-23/h13-20,27,33H,3-12,21H2,1-2H3/t27-/m1/s1. The number of hydrogen-bond donors (Lipinski definition) is 1. The quantitative estimate of drug-likeness (QED) is 0.0677. The number of nitro benzene ring substituents is 1. The zero-order valence-electron chi connectivity index (χ0n) is 22.4. The number of carbonyl (C=O) groups excluding carboxylic acids is 2. The lowest BCUT2D eigenvalue weighted by molar-refractivity contribution is -0.384. The number of non-ortho nitro benzene ring substituents is 1. The number of benzene rings is 2. The van der Waals surface area contributed by atoms with Crippen molar-refractivity contribution in [1.82, 2.24) is 4.90 Å². The van der Waals surface area contributed by atoms with E-state index in [1.54, 1.807) is 36.4 Å². The van der Waals surface area contributed by atoms with Gasteiger partial charge in [-0.3, -0.25) is 19.7 Å². The number of nitro groups is 1. The minimum atomic E-state index is -0.823. The summed E-state index contributed by atoms with van der Waals surface area (Å²) in [4.78, 5) is 38.4. The van der Waals surface area contributed by atoms with Gasteiger partial charge in [-0.1, -0.05) is 64.7 Å². The molecule has 1 amide bonds. The number of Topliss-reactive ketones (excluding diaryl/α,β-unsaturated/α-hetero) is 1. The van der Waals surface area contributed by atoms with E-state index in [4.69, 9.17) is 4.74 Å². The minimum Gasteiger partial charge on any atom is -0.507 e. The molecule has 8 nitrogen and oxygen atoms in total. The molecule has 1 aliphatic rings. The van der Waals surface area contributed by atoms with Crippen LogP contribution in [0.15, 0.2) is 54.1 Å². The summed E-state index contributed by atoms with van der Waals surface area (Å²) in [6.45, 7) is 2.58. The summed E-state index contributed by atoms with van der Waals surface area (Å²) in [7, 11) is 1.53.